The number of hydrogen-bond acceptors (Lipinski definition) is 5. The summed E-state index contributed by atoms with van der Waals surface area (Å²) in [7, 11) is 4.00. The molecule has 2 rings (SSSR count). The molecule has 0 saturated carbocycles. The average molecular weight is 415 g/mol. The number of carbonyl (C=O) groups excluding carboxylic acids is 1. The van der Waals surface area contributed by atoms with Gasteiger partial charge in [-0.05, 0) is 20.2 Å². The van der Waals surface area contributed by atoms with Crippen molar-refractivity contribution in [3.8, 4) is 0 Å². The first-order valence-electron chi connectivity index (χ1n) is 7.91. The Morgan fingerprint density at radius 2 is 1.88 bits per heavy atom. The molecule has 0 aromatic carbocycles. The van der Waals surface area contributed by atoms with Crippen molar-refractivity contribution in [1.29, 1.82) is 0 Å². The molecule has 2 N–H and O–H groups in total. The Balaban J connectivity index is 0. The van der Waals surface area contributed by atoms with Crippen LogP contribution in [0.2, 0.25) is 0 Å². The molecule has 1 aromatic heterocycles. The van der Waals surface area contributed by atoms with Gasteiger partial charge < -0.3 is 20.4 Å². The van der Waals surface area contributed by atoms with Crippen LogP contribution in [-0.4, -0.2) is 62.6 Å². The number of pyridine rings is 1. The van der Waals surface area contributed by atoms with Gasteiger partial charge in [0.1, 0.15) is 5.82 Å². The monoisotopic (exact) mass is 413 g/mol. The summed E-state index contributed by atoms with van der Waals surface area (Å²) in [4.78, 5) is 21.2. The zero-order valence-corrected chi connectivity index (χ0v) is 17.5. The maximum absolute atomic E-state index is 12.0. The van der Waals surface area contributed by atoms with E-state index in [4.69, 9.17) is 0 Å². The number of carbonyl (C=O) groups is 1. The number of likely N-dealkylation sites (N-methyl/N-ethyl adjacent to an activating group) is 1. The first-order chi connectivity index (χ1) is 10.6. The second-order valence-electron chi connectivity index (χ2n) is 5.95. The van der Waals surface area contributed by atoms with Crippen LogP contribution in [0.15, 0.2) is 18.3 Å². The molecule has 0 aliphatic carbocycles. The first-order valence-corrected chi connectivity index (χ1v) is 7.91. The van der Waals surface area contributed by atoms with E-state index in [1.165, 1.54) is 0 Å². The van der Waals surface area contributed by atoms with Gasteiger partial charge in [-0.15, -0.1) is 37.2 Å². The molecule has 146 valence electrons. The maximum Gasteiger partial charge on any atom is 0.224 e. The topological polar surface area (TPSA) is 60.5 Å². The van der Waals surface area contributed by atoms with Gasteiger partial charge in [-0.1, -0.05) is 13.0 Å². The molecule has 1 atom stereocenters. The van der Waals surface area contributed by atoms with Crippen molar-refractivity contribution in [3.63, 3.8) is 0 Å². The summed E-state index contributed by atoms with van der Waals surface area (Å²) in [6.07, 6.45) is 1.82. The summed E-state index contributed by atoms with van der Waals surface area (Å²) in [5, 5.41) is 6.04. The highest BCUT2D eigenvalue weighted by molar-refractivity contribution is 5.86. The highest BCUT2D eigenvalue weighted by atomic mass is 35.5. The van der Waals surface area contributed by atoms with Gasteiger partial charge in [0.15, 0.2) is 0 Å². The van der Waals surface area contributed by atoms with E-state index < -0.39 is 0 Å². The van der Waals surface area contributed by atoms with Crippen LogP contribution in [0.25, 0.3) is 0 Å². The Labute approximate surface area is 169 Å². The van der Waals surface area contributed by atoms with Crippen LogP contribution in [-0.2, 0) is 11.3 Å². The predicted molar refractivity (Wildman–Crippen MR) is 111 cm³/mol. The average Bonchev–Trinajstić information content (AvgIpc) is 2.54. The first kappa shape index (κ1) is 26.4. The van der Waals surface area contributed by atoms with Crippen molar-refractivity contribution < 1.29 is 4.79 Å². The number of nitrogens with zero attached hydrogens (tertiary/aromatic N) is 3. The third-order valence-corrected chi connectivity index (χ3v) is 4.08. The van der Waals surface area contributed by atoms with Crippen molar-refractivity contribution in [2.24, 2.45) is 5.92 Å². The number of anilines is 1. The molecule has 25 heavy (non-hydrogen) atoms. The Hall–Kier alpha value is -0.790. The van der Waals surface area contributed by atoms with E-state index in [-0.39, 0.29) is 49.0 Å². The molecule has 0 bridgehead atoms. The SMILES string of the molecule is CNCC(C)C(=O)NCc1cccnc1N1CCN(C)CC1.Cl.Cl.Cl. The van der Waals surface area contributed by atoms with Gasteiger partial charge in [0.05, 0.1) is 0 Å². The second kappa shape index (κ2) is 13.4. The molecule has 1 amide bonds. The smallest absolute Gasteiger partial charge is 0.224 e. The van der Waals surface area contributed by atoms with Gasteiger partial charge in [0, 0.05) is 56.9 Å². The minimum atomic E-state index is -0.0336. The summed E-state index contributed by atoms with van der Waals surface area (Å²) in [5.41, 5.74) is 1.08. The number of hydrogen-bond donors (Lipinski definition) is 2. The summed E-state index contributed by atoms with van der Waals surface area (Å²) in [6.45, 7) is 7.18. The highest BCUT2D eigenvalue weighted by Crippen LogP contribution is 2.18. The molecule has 0 radical (unpaired) electrons. The minimum Gasteiger partial charge on any atom is -0.354 e. The van der Waals surface area contributed by atoms with Crippen molar-refractivity contribution in [2.75, 3.05) is 51.7 Å². The maximum atomic E-state index is 12.0. The Kier molecular flexibility index (Phi) is 14.2. The van der Waals surface area contributed by atoms with Crippen LogP contribution in [0.5, 0.6) is 0 Å². The number of rotatable bonds is 6. The van der Waals surface area contributed by atoms with Crippen molar-refractivity contribution in [1.82, 2.24) is 20.5 Å². The fourth-order valence-corrected chi connectivity index (χ4v) is 2.63. The Morgan fingerprint density at radius 3 is 2.48 bits per heavy atom. The second-order valence-corrected chi connectivity index (χ2v) is 5.95. The van der Waals surface area contributed by atoms with E-state index in [9.17, 15) is 4.79 Å². The molecule has 1 fully saturated rings. The van der Waals surface area contributed by atoms with E-state index in [0.29, 0.717) is 13.1 Å². The van der Waals surface area contributed by atoms with Crippen molar-refractivity contribution in [3.05, 3.63) is 23.9 Å². The zero-order valence-electron chi connectivity index (χ0n) is 15.0. The molecule has 1 aliphatic rings. The molecule has 6 nitrogen and oxygen atoms in total. The normalized spacial score (nSPS) is 15.2. The molecular weight excluding hydrogens is 385 g/mol. The van der Waals surface area contributed by atoms with Gasteiger partial charge >= 0.3 is 0 Å². The van der Waals surface area contributed by atoms with E-state index >= 15 is 0 Å². The minimum absolute atomic E-state index is 0. The fraction of sp³-hybridized carbons (Fsp3) is 0.625. The fourth-order valence-electron chi connectivity index (χ4n) is 2.63. The van der Waals surface area contributed by atoms with Crippen LogP contribution in [0, 0.1) is 5.92 Å². The Morgan fingerprint density at radius 1 is 1.24 bits per heavy atom. The molecule has 1 saturated heterocycles. The highest BCUT2D eigenvalue weighted by Gasteiger charge is 2.18. The van der Waals surface area contributed by atoms with E-state index in [2.05, 4.69) is 32.5 Å². The third kappa shape index (κ3) is 7.96. The molecule has 1 aromatic rings. The number of piperazine rings is 1. The predicted octanol–water partition coefficient (Wildman–Crippen LogP) is 1.57. The molecule has 0 spiro atoms. The number of halogens is 3. The molecular formula is C16H30Cl3N5O. The summed E-state index contributed by atoms with van der Waals surface area (Å²) >= 11 is 0. The summed E-state index contributed by atoms with van der Waals surface area (Å²) in [5.74, 6) is 1.04. The largest absolute Gasteiger partial charge is 0.354 e. The van der Waals surface area contributed by atoms with Gasteiger partial charge in [-0.3, -0.25) is 4.79 Å². The standard InChI is InChI=1S/C16H27N5O.3ClH/c1-13(11-17-2)16(22)19-12-14-5-4-6-18-15(14)21-9-7-20(3)8-10-21;;;/h4-6,13,17H,7-12H2,1-3H3,(H,19,22);3*1H. The number of aromatic nitrogens is 1. The van der Waals surface area contributed by atoms with Gasteiger partial charge in [-0.2, -0.15) is 0 Å². The van der Waals surface area contributed by atoms with Crippen molar-refractivity contribution >= 4 is 48.9 Å². The van der Waals surface area contributed by atoms with Gasteiger partial charge in [0.2, 0.25) is 5.91 Å². The van der Waals surface area contributed by atoms with Crippen LogP contribution < -0.4 is 15.5 Å². The molecule has 9 heteroatoms. The molecule has 2 heterocycles. The number of amides is 1. The van der Waals surface area contributed by atoms with Crippen molar-refractivity contribution in [2.45, 2.75) is 13.5 Å². The quantitative estimate of drug-likeness (QED) is 0.740. The Bertz CT molecular complexity index is 498. The molecule has 1 aliphatic heterocycles. The van der Waals surface area contributed by atoms with Crippen LogP contribution in [0.3, 0.4) is 0 Å². The lowest BCUT2D eigenvalue weighted by Gasteiger charge is -2.34. The zero-order chi connectivity index (χ0) is 15.9. The third-order valence-electron chi connectivity index (χ3n) is 4.08. The van der Waals surface area contributed by atoms with Gasteiger partial charge in [-0.25, -0.2) is 4.98 Å². The van der Waals surface area contributed by atoms with Crippen LogP contribution in [0.1, 0.15) is 12.5 Å². The van der Waals surface area contributed by atoms with Gasteiger partial charge in [0.25, 0.3) is 0 Å². The number of nitrogens with one attached hydrogen (secondary N) is 2. The summed E-state index contributed by atoms with van der Waals surface area (Å²) in [6, 6.07) is 3.97. The lowest BCUT2D eigenvalue weighted by atomic mass is 10.1. The van der Waals surface area contributed by atoms with E-state index in [0.717, 1.165) is 37.6 Å². The van der Waals surface area contributed by atoms with E-state index in [1.807, 2.05) is 32.3 Å². The van der Waals surface area contributed by atoms with E-state index in [1.54, 1.807) is 0 Å². The molecule has 1 unspecified atom stereocenters. The van der Waals surface area contributed by atoms with Crippen LogP contribution >= 0.6 is 37.2 Å². The lowest BCUT2D eigenvalue weighted by molar-refractivity contribution is -0.124. The lowest BCUT2D eigenvalue weighted by Crippen LogP contribution is -2.45. The summed E-state index contributed by atoms with van der Waals surface area (Å²) < 4.78 is 0. The van der Waals surface area contributed by atoms with Crippen LogP contribution in [0.4, 0.5) is 5.82 Å².